The van der Waals surface area contributed by atoms with Crippen molar-refractivity contribution < 1.29 is 14.6 Å². The summed E-state index contributed by atoms with van der Waals surface area (Å²) in [7, 11) is 1.69. The van der Waals surface area contributed by atoms with Gasteiger partial charge in [0, 0.05) is 7.11 Å². The van der Waals surface area contributed by atoms with Crippen molar-refractivity contribution in [2.45, 2.75) is 57.5 Å². The van der Waals surface area contributed by atoms with Gasteiger partial charge in [-0.1, -0.05) is 12.8 Å². The van der Waals surface area contributed by atoms with Crippen LogP contribution >= 0.6 is 0 Å². The van der Waals surface area contributed by atoms with Crippen molar-refractivity contribution in [3.05, 3.63) is 11.1 Å². The maximum absolute atomic E-state index is 10.6. The third-order valence-electron chi connectivity index (χ3n) is 4.81. The quantitative estimate of drug-likeness (QED) is 0.712. The first-order valence-corrected chi connectivity index (χ1v) is 6.81. The van der Waals surface area contributed by atoms with Gasteiger partial charge in [-0.2, -0.15) is 0 Å². The van der Waals surface area contributed by atoms with Crippen LogP contribution in [0.3, 0.4) is 0 Å². The zero-order chi connectivity index (χ0) is 12.0. The van der Waals surface area contributed by atoms with E-state index in [1.807, 2.05) is 6.92 Å². The standard InChI is InChI=1S/C14H22O3/c1-8-12-11(14(16-2)17-8)7-9-5-3-4-6-10(9)13(12)15/h8-10,13-15H,3-7H2,1-2H3/t8-,9?,10?,13+,14-/m1/s1. The second kappa shape index (κ2) is 4.38. The Balaban J connectivity index is 1.92. The van der Waals surface area contributed by atoms with Crippen LogP contribution in [0.1, 0.15) is 39.0 Å². The lowest BCUT2D eigenvalue weighted by Crippen LogP contribution is -2.38. The average molecular weight is 238 g/mol. The zero-order valence-corrected chi connectivity index (χ0v) is 10.7. The Morgan fingerprint density at radius 3 is 2.82 bits per heavy atom. The molecule has 0 amide bonds. The fourth-order valence-corrected chi connectivity index (χ4v) is 4.00. The van der Waals surface area contributed by atoms with E-state index in [2.05, 4.69) is 0 Å². The van der Waals surface area contributed by atoms with Gasteiger partial charge in [-0.3, -0.25) is 0 Å². The van der Waals surface area contributed by atoms with E-state index >= 15 is 0 Å². The first kappa shape index (κ1) is 11.7. The van der Waals surface area contributed by atoms with E-state index in [1.54, 1.807) is 7.11 Å². The summed E-state index contributed by atoms with van der Waals surface area (Å²) in [6.45, 7) is 2.03. The number of fused-ring (bicyclic) bond motifs is 1. The van der Waals surface area contributed by atoms with Crippen molar-refractivity contribution in [1.82, 2.24) is 0 Å². The monoisotopic (exact) mass is 238 g/mol. The number of aliphatic hydroxyl groups is 1. The predicted molar refractivity (Wildman–Crippen MR) is 64.4 cm³/mol. The summed E-state index contributed by atoms with van der Waals surface area (Å²) in [4.78, 5) is 0. The van der Waals surface area contributed by atoms with Crippen LogP contribution in [0.15, 0.2) is 11.1 Å². The summed E-state index contributed by atoms with van der Waals surface area (Å²) < 4.78 is 11.2. The highest BCUT2D eigenvalue weighted by molar-refractivity contribution is 5.32. The molecule has 1 fully saturated rings. The molecular weight excluding hydrogens is 216 g/mol. The molecule has 2 aliphatic carbocycles. The number of ether oxygens (including phenoxy) is 2. The molecule has 5 atom stereocenters. The number of hydrogen-bond acceptors (Lipinski definition) is 3. The maximum Gasteiger partial charge on any atom is 0.180 e. The van der Waals surface area contributed by atoms with E-state index in [0.717, 1.165) is 12.0 Å². The van der Waals surface area contributed by atoms with Crippen LogP contribution < -0.4 is 0 Å². The lowest BCUT2D eigenvalue weighted by atomic mass is 9.67. The molecule has 1 saturated carbocycles. The van der Waals surface area contributed by atoms with E-state index in [4.69, 9.17) is 9.47 Å². The molecule has 0 aromatic heterocycles. The predicted octanol–water partition coefficient (Wildman–Crippen LogP) is 2.25. The van der Waals surface area contributed by atoms with Gasteiger partial charge in [0.05, 0.1) is 12.2 Å². The molecule has 3 heteroatoms. The van der Waals surface area contributed by atoms with Crippen LogP contribution in [0.4, 0.5) is 0 Å². The molecule has 1 N–H and O–H groups in total. The van der Waals surface area contributed by atoms with Gasteiger partial charge in [0.25, 0.3) is 0 Å². The lowest BCUT2D eigenvalue weighted by Gasteiger charge is -2.40. The van der Waals surface area contributed by atoms with Gasteiger partial charge in [0.15, 0.2) is 6.29 Å². The highest BCUT2D eigenvalue weighted by Crippen LogP contribution is 2.48. The molecule has 3 aliphatic rings. The second-order valence-electron chi connectivity index (χ2n) is 5.68. The first-order chi connectivity index (χ1) is 8.22. The van der Waals surface area contributed by atoms with Crippen molar-refractivity contribution in [2.24, 2.45) is 11.8 Å². The summed E-state index contributed by atoms with van der Waals surface area (Å²) in [5, 5.41) is 10.6. The molecule has 96 valence electrons. The van der Waals surface area contributed by atoms with Gasteiger partial charge in [-0.25, -0.2) is 0 Å². The average Bonchev–Trinajstić information content (AvgIpc) is 2.66. The summed E-state index contributed by atoms with van der Waals surface area (Å²) in [6.07, 6.45) is 5.59. The van der Waals surface area contributed by atoms with Gasteiger partial charge >= 0.3 is 0 Å². The van der Waals surface area contributed by atoms with Crippen molar-refractivity contribution >= 4 is 0 Å². The third-order valence-corrected chi connectivity index (χ3v) is 4.81. The van der Waals surface area contributed by atoms with Gasteiger partial charge < -0.3 is 14.6 Å². The van der Waals surface area contributed by atoms with Crippen LogP contribution in [-0.2, 0) is 9.47 Å². The molecule has 0 spiro atoms. The summed E-state index contributed by atoms with van der Waals surface area (Å²) in [5.74, 6) is 1.10. The van der Waals surface area contributed by atoms with E-state index in [1.165, 1.54) is 31.3 Å². The first-order valence-electron chi connectivity index (χ1n) is 6.81. The minimum absolute atomic E-state index is 0.0211. The fourth-order valence-electron chi connectivity index (χ4n) is 4.00. The second-order valence-corrected chi connectivity index (χ2v) is 5.68. The Bertz CT molecular complexity index is 336. The van der Waals surface area contributed by atoms with Gasteiger partial charge in [0.2, 0.25) is 0 Å². The normalized spacial score (nSPS) is 45.7. The highest BCUT2D eigenvalue weighted by Gasteiger charge is 2.45. The van der Waals surface area contributed by atoms with Crippen molar-refractivity contribution in [1.29, 1.82) is 0 Å². The van der Waals surface area contributed by atoms with Gasteiger partial charge in [0.1, 0.15) is 0 Å². The summed E-state index contributed by atoms with van der Waals surface area (Å²) >= 11 is 0. The third kappa shape index (κ3) is 1.76. The highest BCUT2D eigenvalue weighted by atomic mass is 16.7. The maximum atomic E-state index is 10.6. The Morgan fingerprint density at radius 1 is 1.29 bits per heavy atom. The Labute approximate surface area is 103 Å². The van der Waals surface area contributed by atoms with Crippen LogP contribution in [0.25, 0.3) is 0 Å². The summed E-state index contributed by atoms with van der Waals surface area (Å²) in [6, 6.07) is 0. The Kier molecular flexibility index (Phi) is 3.01. The van der Waals surface area contributed by atoms with Crippen LogP contribution in [0.5, 0.6) is 0 Å². The molecule has 1 heterocycles. The minimum atomic E-state index is -0.292. The van der Waals surface area contributed by atoms with Crippen LogP contribution in [0, 0.1) is 11.8 Å². The van der Waals surface area contributed by atoms with E-state index in [0.29, 0.717) is 11.8 Å². The fraction of sp³-hybridized carbons (Fsp3) is 0.857. The van der Waals surface area contributed by atoms with Crippen molar-refractivity contribution in [3.8, 4) is 0 Å². The molecule has 17 heavy (non-hydrogen) atoms. The molecule has 3 nitrogen and oxygen atoms in total. The van der Waals surface area contributed by atoms with Gasteiger partial charge in [-0.15, -0.1) is 0 Å². The zero-order valence-electron chi connectivity index (χ0n) is 10.7. The molecule has 0 radical (unpaired) electrons. The van der Waals surface area contributed by atoms with E-state index < -0.39 is 0 Å². The molecule has 0 saturated heterocycles. The smallest absolute Gasteiger partial charge is 0.180 e. The molecule has 3 rings (SSSR count). The topological polar surface area (TPSA) is 38.7 Å². The van der Waals surface area contributed by atoms with E-state index in [9.17, 15) is 5.11 Å². The van der Waals surface area contributed by atoms with Gasteiger partial charge in [-0.05, 0) is 49.2 Å². The molecule has 0 aromatic carbocycles. The molecule has 0 aromatic rings. The largest absolute Gasteiger partial charge is 0.388 e. The van der Waals surface area contributed by atoms with Crippen LogP contribution in [-0.4, -0.2) is 30.7 Å². The minimum Gasteiger partial charge on any atom is -0.388 e. The van der Waals surface area contributed by atoms with Crippen molar-refractivity contribution in [2.75, 3.05) is 7.11 Å². The molecule has 0 bridgehead atoms. The number of methoxy groups -OCH3 is 1. The Morgan fingerprint density at radius 2 is 2.06 bits per heavy atom. The molecule has 2 unspecified atom stereocenters. The number of rotatable bonds is 1. The van der Waals surface area contributed by atoms with Crippen molar-refractivity contribution in [3.63, 3.8) is 0 Å². The lowest BCUT2D eigenvalue weighted by molar-refractivity contribution is -0.102. The Hall–Kier alpha value is -0.380. The molecular formula is C14H22O3. The molecule has 1 aliphatic heterocycles. The SMILES string of the molecule is CO[C@@H]1O[C@H](C)C2=C1CC1CCCCC1[C@@H]2O. The van der Waals surface area contributed by atoms with Crippen LogP contribution in [0.2, 0.25) is 0 Å². The summed E-state index contributed by atoms with van der Waals surface area (Å²) in [5.41, 5.74) is 2.36. The number of aliphatic hydroxyl groups excluding tert-OH is 1. The number of hydrogen-bond donors (Lipinski definition) is 1. The van der Waals surface area contributed by atoms with E-state index in [-0.39, 0.29) is 18.5 Å².